The second-order valence-corrected chi connectivity index (χ2v) is 7.47. The Bertz CT molecular complexity index is 732. The van der Waals surface area contributed by atoms with Crippen molar-refractivity contribution in [1.82, 2.24) is 0 Å². The van der Waals surface area contributed by atoms with E-state index in [1.807, 2.05) is 50.2 Å². The molecule has 0 radical (unpaired) electrons. The van der Waals surface area contributed by atoms with Crippen LogP contribution in [0.4, 0.5) is 0 Å². The maximum Gasteiger partial charge on any atom is 0.511 e. The number of ether oxygens (including phenoxy) is 2. The standard InChI is InChI=1S/C20H29O7P/c1-3-5-13-24-28(21,25-17-16-23-15-14-22-4-2)27-26-20-12-8-10-18-9-6-7-11-19(18)20/h6-12H,3-5,13-17H2,1-2H3. The van der Waals surface area contributed by atoms with Crippen LogP contribution in [-0.2, 0) is 27.8 Å². The van der Waals surface area contributed by atoms with E-state index in [1.54, 1.807) is 6.07 Å². The van der Waals surface area contributed by atoms with E-state index in [9.17, 15) is 4.57 Å². The molecule has 0 aliphatic heterocycles. The first-order chi connectivity index (χ1) is 13.7. The molecule has 8 heteroatoms. The summed E-state index contributed by atoms with van der Waals surface area (Å²) in [4.78, 5) is 5.35. The SMILES string of the molecule is CCCCOP(=O)(OCCOCCOCC)OOc1cccc2ccccc12. The van der Waals surface area contributed by atoms with Crippen LogP contribution in [0.25, 0.3) is 10.8 Å². The average molecular weight is 412 g/mol. The van der Waals surface area contributed by atoms with E-state index >= 15 is 0 Å². The minimum Gasteiger partial charge on any atom is -0.379 e. The molecular weight excluding hydrogens is 383 g/mol. The topological polar surface area (TPSA) is 72.5 Å². The summed E-state index contributed by atoms with van der Waals surface area (Å²) in [6.45, 7) is 6.04. The van der Waals surface area contributed by atoms with Crippen LogP contribution in [0.1, 0.15) is 26.7 Å². The first kappa shape index (κ1) is 22.8. The van der Waals surface area contributed by atoms with E-state index in [0.29, 0.717) is 25.6 Å². The Morgan fingerprint density at radius 3 is 2.36 bits per heavy atom. The minimum absolute atomic E-state index is 0.0500. The highest BCUT2D eigenvalue weighted by atomic mass is 31.2. The van der Waals surface area contributed by atoms with Crippen LogP contribution < -0.4 is 4.89 Å². The van der Waals surface area contributed by atoms with E-state index in [2.05, 4.69) is 0 Å². The molecule has 0 heterocycles. The van der Waals surface area contributed by atoms with Gasteiger partial charge in [-0.1, -0.05) is 54.4 Å². The normalized spacial score (nSPS) is 13.5. The number of benzene rings is 2. The molecule has 1 unspecified atom stereocenters. The smallest absolute Gasteiger partial charge is 0.379 e. The summed E-state index contributed by atoms with van der Waals surface area (Å²) >= 11 is 0. The van der Waals surface area contributed by atoms with Gasteiger partial charge in [0, 0.05) is 12.0 Å². The molecule has 0 aliphatic rings. The van der Waals surface area contributed by atoms with Crippen molar-refractivity contribution in [2.45, 2.75) is 26.7 Å². The van der Waals surface area contributed by atoms with Crippen LogP contribution in [0.2, 0.25) is 0 Å². The lowest BCUT2D eigenvalue weighted by molar-refractivity contribution is -0.132. The third-order valence-electron chi connectivity index (χ3n) is 3.77. The molecule has 0 saturated heterocycles. The zero-order valence-electron chi connectivity index (χ0n) is 16.5. The van der Waals surface area contributed by atoms with Gasteiger partial charge in [0.15, 0.2) is 5.75 Å². The van der Waals surface area contributed by atoms with E-state index in [-0.39, 0.29) is 19.8 Å². The monoisotopic (exact) mass is 412 g/mol. The van der Waals surface area contributed by atoms with Gasteiger partial charge in [0.2, 0.25) is 0 Å². The molecule has 0 amide bonds. The fourth-order valence-corrected chi connectivity index (χ4v) is 3.31. The van der Waals surface area contributed by atoms with Crippen molar-refractivity contribution >= 4 is 18.6 Å². The Morgan fingerprint density at radius 1 is 0.821 bits per heavy atom. The molecule has 156 valence electrons. The van der Waals surface area contributed by atoms with Crippen LogP contribution in [0.5, 0.6) is 5.75 Å². The van der Waals surface area contributed by atoms with Gasteiger partial charge in [0.25, 0.3) is 0 Å². The molecule has 2 aromatic carbocycles. The Hall–Kier alpha value is -1.47. The zero-order valence-corrected chi connectivity index (χ0v) is 17.4. The first-order valence-corrected chi connectivity index (χ1v) is 11.0. The Balaban J connectivity index is 1.90. The maximum atomic E-state index is 12.9. The quantitative estimate of drug-likeness (QED) is 0.173. The largest absolute Gasteiger partial charge is 0.511 e. The summed E-state index contributed by atoms with van der Waals surface area (Å²) in [5.41, 5.74) is 0. The van der Waals surface area contributed by atoms with Crippen LogP contribution >= 0.6 is 7.82 Å². The average Bonchev–Trinajstić information content (AvgIpc) is 2.72. The third kappa shape index (κ3) is 7.87. The molecule has 1 atom stereocenters. The third-order valence-corrected chi connectivity index (χ3v) is 5.02. The summed E-state index contributed by atoms with van der Waals surface area (Å²) in [5, 5.41) is 1.82. The van der Waals surface area contributed by atoms with Crippen LogP contribution in [-0.4, -0.2) is 39.6 Å². The predicted octanol–water partition coefficient (Wildman–Crippen LogP) is 5.14. The zero-order chi connectivity index (χ0) is 20.1. The molecule has 2 rings (SSSR count). The van der Waals surface area contributed by atoms with E-state index in [4.69, 9.17) is 28.1 Å². The van der Waals surface area contributed by atoms with Crippen molar-refractivity contribution in [2.24, 2.45) is 0 Å². The fraction of sp³-hybridized carbons (Fsp3) is 0.500. The molecule has 2 aromatic rings. The summed E-state index contributed by atoms with van der Waals surface area (Å²) in [6, 6.07) is 13.2. The van der Waals surface area contributed by atoms with Gasteiger partial charge in [-0.3, -0.25) is 9.05 Å². The Kier molecular flexibility index (Phi) is 10.5. The van der Waals surface area contributed by atoms with Gasteiger partial charge >= 0.3 is 7.82 Å². The molecule has 0 bridgehead atoms. The first-order valence-electron chi connectivity index (χ1n) is 9.57. The second-order valence-electron chi connectivity index (χ2n) is 5.91. The van der Waals surface area contributed by atoms with Crippen molar-refractivity contribution < 1.29 is 32.6 Å². The number of hydrogen-bond donors (Lipinski definition) is 0. The van der Waals surface area contributed by atoms with Crippen LogP contribution in [0, 0.1) is 0 Å². The highest BCUT2D eigenvalue weighted by molar-refractivity contribution is 7.48. The van der Waals surface area contributed by atoms with Crippen molar-refractivity contribution in [2.75, 3.05) is 39.6 Å². The second kappa shape index (κ2) is 12.9. The molecule has 0 N–H and O–H groups in total. The van der Waals surface area contributed by atoms with E-state index in [0.717, 1.165) is 23.6 Å². The molecule has 0 fully saturated rings. The number of phosphoric acid groups is 1. The lowest BCUT2D eigenvalue weighted by Crippen LogP contribution is -2.11. The summed E-state index contributed by atoms with van der Waals surface area (Å²) < 4.78 is 39.2. The fourth-order valence-electron chi connectivity index (χ4n) is 2.33. The highest BCUT2D eigenvalue weighted by Gasteiger charge is 2.29. The Morgan fingerprint density at radius 2 is 1.54 bits per heavy atom. The van der Waals surface area contributed by atoms with Crippen molar-refractivity contribution in [3.8, 4) is 5.75 Å². The van der Waals surface area contributed by atoms with Gasteiger partial charge in [-0.05, 0) is 24.8 Å². The lowest BCUT2D eigenvalue weighted by Gasteiger charge is -2.17. The van der Waals surface area contributed by atoms with E-state index < -0.39 is 7.82 Å². The molecular formula is C20H29O7P. The van der Waals surface area contributed by atoms with Gasteiger partial charge < -0.3 is 14.4 Å². The van der Waals surface area contributed by atoms with Gasteiger partial charge in [0.05, 0.1) is 33.0 Å². The van der Waals surface area contributed by atoms with Crippen molar-refractivity contribution in [3.63, 3.8) is 0 Å². The molecule has 0 saturated carbocycles. The number of phosphoric ester groups is 1. The van der Waals surface area contributed by atoms with Crippen LogP contribution in [0.3, 0.4) is 0 Å². The number of hydrogen-bond acceptors (Lipinski definition) is 7. The molecule has 0 aliphatic carbocycles. The molecule has 28 heavy (non-hydrogen) atoms. The van der Waals surface area contributed by atoms with Crippen molar-refractivity contribution in [1.29, 1.82) is 0 Å². The maximum absolute atomic E-state index is 12.9. The van der Waals surface area contributed by atoms with Crippen LogP contribution in [0.15, 0.2) is 42.5 Å². The van der Waals surface area contributed by atoms with E-state index in [1.165, 1.54) is 0 Å². The number of unbranched alkanes of at least 4 members (excludes halogenated alkanes) is 1. The minimum atomic E-state index is -3.89. The van der Waals surface area contributed by atoms with Gasteiger partial charge in [-0.25, -0.2) is 4.57 Å². The van der Waals surface area contributed by atoms with Gasteiger partial charge in [-0.2, -0.15) is 0 Å². The molecule has 0 spiro atoms. The Labute approximate surface area is 166 Å². The molecule has 7 nitrogen and oxygen atoms in total. The summed E-state index contributed by atoms with van der Waals surface area (Å²) in [5.74, 6) is 0.439. The van der Waals surface area contributed by atoms with Gasteiger partial charge in [0.1, 0.15) is 0 Å². The van der Waals surface area contributed by atoms with Gasteiger partial charge in [-0.15, -0.1) is 0 Å². The summed E-state index contributed by atoms with van der Waals surface area (Å²) in [7, 11) is -3.89. The predicted molar refractivity (Wildman–Crippen MR) is 107 cm³/mol. The highest BCUT2D eigenvalue weighted by Crippen LogP contribution is 2.50. The van der Waals surface area contributed by atoms with Crippen molar-refractivity contribution in [3.05, 3.63) is 42.5 Å². The lowest BCUT2D eigenvalue weighted by atomic mass is 10.1. The number of rotatable bonds is 15. The molecule has 0 aromatic heterocycles. The number of fused-ring (bicyclic) bond motifs is 1. The summed E-state index contributed by atoms with van der Waals surface area (Å²) in [6.07, 6.45) is 1.63.